The van der Waals surface area contributed by atoms with Gasteiger partial charge in [-0.15, -0.1) is 35.4 Å². The van der Waals surface area contributed by atoms with Gasteiger partial charge < -0.3 is 4.98 Å². The summed E-state index contributed by atoms with van der Waals surface area (Å²) in [6.45, 7) is 3.34. The number of para-hydroxylation sites is 2. The van der Waals surface area contributed by atoms with Crippen LogP contribution in [0.1, 0.15) is 72.7 Å². The van der Waals surface area contributed by atoms with Gasteiger partial charge in [0.2, 0.25) is 0 Å². The number of aryl methyl sites for hydroxylation is 2. The molecule has 0 atom stereocenters. The normalized spacial score (nSPS) is 14.1. The molecule has 0 saturated carbocycles. The van der Waals surface area contributed by atoms with Crippen LogP contribution < -0.4 is 4.40 Å². The molecular weight excluding hydrogens is 1030 g/mol. The van der Waals surface area contributed by atoms with Crippen molar-refractivity contribution in [2.24, 2.45) is 0 Å². The van der Waals surface area contributed by atoms with Gasteiger partial charge in [-0.3, -0.25) is 0 Å². The van der Waals surface area contributed by atoms with Gasteiger partial charge in [0.15, 0.2) is 0 Å². The quantitative estimate of drug-likeness (QED) is 0.112. The Morgan fingerprint density at radius 1 is 0.662 bits per heavy atom. The van der Waals surface area contributed by atoms with Crippen LogP contribution in [0.4, 0.5) is 0 Å². The fourth-order valence-electron chi connectivity index (χ4n) is 8.24. The molecule has 0 bridgehead atoms. The number of pyridine rings is 1. The Hall–Kier alpha value is -5.85. The van der Waals surface area contributed by atoms with Gasteiger partial charge in [-0.25, -0.2) is 0 Å². The SMILES string of the molecule is [2H]C(C)(C)c1cc(-c2ccccc2)cc(C([2H])(C)C)c1-n1c(-c2[c-]ccc3c2oc2cc(-c4cc[c]([Ge]([CH3])([CH3])[CH3])cc4)ccc23)nc2ccccc21.[2H]C([2H])([2H])c1c[c-]c(-c2ccc(C([2H])([2H])[2H])cn2)cc1.[Ir]. The average molecular weight is 1090 g/mol. The van der Waals surface area contributed by atoms with Crippen LogP contribution in [0.2, 0.25) is 17.3 Å². The maximum atomic E-state index is 9.48. The van der Waals surface area contributed by atoms with Crippen LogP contribution in [-0.4, -0.2) is 27.8 Å². The molecule has 3 aromatic heterocycles. The van der Waals surface area contributed by atoms with Crippen LogP contribution in [0.15, 0.2) is 162 Å². The van der Waals surface area contributed by atoms with Crippen LogP contribution in [0.5, 0.6) is 0 Å². The zero-order chi connectivity index (χ0) is 51.5. The Balaban J connectivity index is 0.000000285. The molecule has 3 heterocycles. The van der Waals surface area contributed by atoms with Crippen molar-refractivity contribution in [3.63, 3.8) is 0 Å². The zero-order valence-electron chi connectivity index (χ0n) is 45.6. The van der Waals surface area contributed by atoms with Gasteiger partial charge in [-0.05, 0) is 76.4 Å². The Morgan fingerprint density at radius 2 is 1.34 bits per heavy atom. The Bertz CT molecular complexity index is 3490. The molecule has 6 heteroatoms. The van der Waals surface area contributed by atoms with Crippen LogP contribution >= 0.6 is 0 Å². The molecule has 0 aliphatic carbocycles. The summed E-state index contributed by atoms with van der Waals surface area (Å²) in [5, 5.41) is 2.03. The first-order valence-corrected chi connectivity index (χ1v) is 28.9. The van der Waals surface area contributed by atoms with Gasteiger partial charge in [-0.2, -0.15) is 0 Å². The molecule has 0 fully saturated rings. The summed E-state index contributed by atoms with van der Waals surface area (Å²) in [6.07, 6.45) is 1.30. The second kappa shape index (κ2) is 18.9. The van der Waals surface area contributed by atoms with Gasteiger partial charge in [0.05, 0.1) is 11.0 Å². The molecule has 65 heavy (non-hydrogen) atoms. The van der Waals surface area contributed by atoms with Crippen LogP contribution in [0.25, 0.3) is 83.6 Å². The van der Waals surface area contributed by atoms with E-state index in [0.29, 0.717) is 22.7 Å². The second-order valence-corrected chi connectivity index (χ2v) is 28.4. The fourth-order valence-corrected chi connectivity index (χ4v) is 10.7. The Kier molecular flexibility index (Phi) is 10.6. The molecule has 10 aromatic rings. The van der Waals surface area contributed by atoms with E-state index in [-0.39, 0.29) is 31.2 Å². The molecule has 0 spiro atoms. The van der Waals surface area contributed by atoms with E-state index >= 15 is 0 Å². The van der Waals surface area contributed by atoms with Crippen LogP contribution in [0.3, 0.4) is 0 Å². The third-order valence-corrected chi connectivity index (χ3v) is 16.0. The van der Waals surface area contributed by atoms with E-state index in [9.17, 15) is 2.74 Å². The van der Waals surface area contributed by atoms with Crippen LogP contribution in [-0.2, 0) is 20.1 Å². The van der Waals surface area contributed by atoms with Gasteiger partial charge in [0.25, 0.3) is 0 Å². The number of imidazole rings is 1. The minimum Gasteiger partial charge on any atom is -0.304 e. The van der Waals surface area contributed by atoms with Crippen molar-refractivity contribution < 1.29 is 35.5 Å². The molecule has 0 saturated heterocycles. The number of fused-ring (bicyclic) bond motifs is 4. The molecule has 10 rings (SSSR count). The molecule has 1 radical (unpaired) electrons. The van der Waals surface area contributed by atoms with Crippen molar-refractivity contribution in [1.82, 2.24) is 14.5 Å². The standard InChI is InChI=1S/C46H43GeN2O.C13H12N.Ir/c1-29(2)39-26-34(31-14-9-8-10-15-31)27-40(30(3)4)44(39)49-42-19-12-11-18-41(42)48-46(49)38-17-13-16-37-36-25-22-33(28-43(36)50-45(37)38)32-20-23-35(24-21-32)47(5,6)7;1-10-3-6-12(7-4-10)13-8-5-11(2)9-14-13;/h8-16,18-30H,1-7H3;3-6,8-9H,1-2H3;/q2*-1;/i29D,30D;1D3,2D3;. The summed E-state index contributed by atoms with van der Waals surface area (Å²) >= 11 is -1.92. The monoisotopic (exact) mass is 1100 g/mol. The Morgan fingerprint density at radius 3 is 1.98 bits per heavy atom. The van der Waals surface area contributed by atoms with Gasteiger partial charge in [0, 0.05) is 43.0 Å². The molecule has 0 unspecified atom stereocenters. The number of benzene rings is 7. The first-order valence-electron chi connectivity index (χ1n) is 25.6. The summed E-state index contributed by atoms with van der Waals surface area (Å²) in [4.78, 5) is 9.33. The number of furan rings is 1. The topological polar surface area (TPSA) is 43.9 Å². The minimum atomic E-state index is -2.18. The van der Waals surface area contributed by atoms with Crippen molar-refractivity contribution in [1.29, 1.82) is 0 Å². The molecule has 0 aliphatic heterocycles. The number of hydrogen-bond acceptors (Lipinski definition) is 3. The Labute approximate surface area is 411 Å². The predicted octanol–water partition coefficient (Wildman–Crippen LogP) is 15.7. The molecular formula is C59H55GeIrN3O-2. The summed E-state index contributed by atoms with van der Waals surface area (Å²) < 4.78 is 73.0. The average Bonchev–Trinajstić information content (AvgIpc) is 3.91. The van der Waals surface area contributed by atoms with E-state index < -0.39 is 38.8 Å². The minimum absolute atomic E-state index is 0. The van der Waals surface area contributed by atoms with Crippen molar-refractivity contribution in [2.45, 2.75) is 70.5 Å². The summed E-state index contributed by atoms with van der Waals surface area (Å²) in [5.74, 6) is 5.92. The van der Waals surface area contributed by atoms with Gasteiger partial charge in [0.1, 0.15) is 0 Å². The number of hydrogen-bond donors (Lipinski definition) is 0. The molecule has 0 amide bonds. The van der Waals surface area contributed by atoms with Crippen molar-refractivity contribution in [2.75, 3.05) is 0 Å². The predicted molar refractivity (Wildman–Crippen MR) is 273 cm³/mol. The molecule has 4 nitrogen and oxygen atoms in total. The van der Waals surface area contributed by atoms with E-state index in [0.717, 1.165) is 66.5 Å². The maximum absolute atomic E-state index is 9.48. The zero-order valence-corrected chi connectivity index (χ0v) is 42.1. The molecule has 7 aromatic carbocycles. The van der Waals surface area contributed by atoms with E-state index in [2.05, 4.69) is 118 Å². The van der Waals surface area contributed by atoms with E-state index in [1.54, 1.807) is 12.1 Å². The smallest absolute Gasteiger partial charge is 0.304 e. The van der Waals surface area contributed by atoms with E-state index in [4.69, 9.17) is 17.6 Å². The number of rotatable bonds is 8. The molecule has 327 valence electrons. The third-order valence-electron chi connectivity index (χ3n) is 11.7. The number of aromatic nitrogens is 3. The van der Waals surface area contributed by atoms with E-state index in [1.165, 1.54) is 34.4 Å². The number of nitrogens with zero attached hydrogens (tertiary/aromatic N) is 3. The van der Waals surface area contributed by atoms with Crippen LogP contribution in [0, 0.1) is 25.8 Å². The first kappa shape index (κ1) is 36.4. The third kappa shape index (κ3) is 9.33. The van der Waals surface area contributed by atoms with E-state index in [1.807, 2.05) is 70.2 Å². The van der Waals surface area contributed by atoms with Gasteiger partial charge >= 0.3 is 154 Å². The molecule has 0 N–H and O–H groups in total. The van der Waals surface area contributed by atoms with Crippen molar-refractivity contribution in [3.8, 4) is 50.6 Å². The second-order valence-electron chi connectivity index (χ2n) is 17.7. The first-order chi connectivity index (χ1) is 33.9. The summed E-state index contributed by atoms with van der Waals surface area (Å²) in [5.41, 5.74) is 12.3. The summed E-state index contributed by atoms with van der Waals surface area (Å²) in [6, 6.07) is 56.1. The van der Waals surface area contributed by atoms with Gasteiger partial charge in [-0.1, -0.05) is 89.1 Å². The fraction of sp³-hybridized carbons (Fsp3) is 0.186. The van der Waals surface area contributed by atoms with Crippen molar-refractivity contribution in [3.05, 3.63) is 192 Å². The van der Waals surface area contributed by atoms with Crippen molar-refractivity contribution >= 4 is 50.6 Å². The summed E-state index contributed by atoms with van der Waals surface area (Å²) in [7, 11) is 0. The molecule has 0 aliphatic rings.